The minimum atomic E-state index is -0.0895. The SMILES string of the molecule is NCC1(c2cccc(Cl)c2)CCC(N(CCc2ccccc2)C(=O)c2ccnnc2)CC1. The molecule has 3 aromatic rings. The highest BCUT2D eigenvalue weighted by atomic mass is 35.5. The Kier molecular flexibility index (Phi) is 7.18. The van der Waals surface area contributed by atoms with Crippen molar-refractivity contribution in [3.8, 4) is 0 Å². The van der Waals surface area contributed by atoms with Gasteiger partial charge in [-0.25, -0.2) is 0 Å². The molecule has 1 fully saturated rings. The Morgan fingerprint density at radius 2 is 1.84 bits per heavy atom. The van der Waals surface area contributed by atoms with E-state index in [4.69, 9.17) is 17.3 Å². The largest absolute Gasteiger partial charge is 0.335 e. The molecule has 2 N–H and O–H groups in total. The molecule has 1 aromatic heterocycles. The molecule has 0 saturated heterocycles. The van der Waals surface area contributed by atoms with E-state index in [0.29, 0.717) is 18.7 Å². The lowest BCUT2D eigenvalue weighted by molar-refractivity contribution is 0.0597. The van der Waals surface area contributed by atoms with Gasteiger partial charge in [0.25, 0.3) is 5.91 Å². The Morgan fingerprint density at radius 1 is 1.06 bits per heavy atom. The van der Waals surface area contributed by atoms with Gasteiger partial charge in [-0.1, -0.05) is 54.1 Å². The van der Waals surface area contributed by atoms with Crippen LogP contribution in [0.5, 0.6) is 0 Å². The van der Waals surface area contributed by atoms with Crippen molar-refractivity contribution in [2.75, 3.05) is 13.1 Å². The van der Waals surface area contributed by atoms with Gasteiger partial charge in [0.2, 0.25) is 0 Å². The van der Waals surface area contributed by atoms with Gasteiger partial charge >= 0.3 is 0 Å². The summed E-state index contributed by atoms with van der Waals surface area (Å²) in [6.45, 7) is 1.24. The summed E-state index contributed by atoms with van der Waals surface area (Å²) in [6.07, 6.45) is 7.61. The first-order chi connectivity index (χ1) is 15.6. The number of aromatic nitrogens is 2. The zero-order valence-corrected chi connectivity index (χ0v) is 18.9. The van der Waals surface area contributed by atoms with Crippen LogP contribution in [0.4, 0.5) is 0 Å². The van der Waals surface area contributed by atoms with E-state index in [2.05, 4.69) is 28.4 Å². The van der Waals surface area contributed by atoms with E-state index in [1.54, 1.807) is 18.5 Å². The monoisotopic (exact) mass is 448 g/mol. The molecule has 0 radical (unpaired) electrons. The molecule has 5 nitrogen and oxygen atoms in total. The van der Waals surface area contributed by atoms with Gasteiger partial charge in [-0.3, -0.25) is 4.79 Å². The van der Waals surface area contributed by atoms with Crippen LogP contribution in [-0.4, -0.2) is 40.1 Å². The minimum absolute atomic E-state index is 0.0174. The zero-order valence-electron chi connectivity index (χ0n) is 18.2. The van der Waals surface area contributed by atoms with Gasteiger partial charge in [-0.15, -0.1) is 0 Å². The van der Waals surface area contributed by atoms with E-state index in [1.165, 1.54) is 11.1 Å². The number of rotatable bonds is 7. The van der Waals surface area contributed by atoms with Crippen molar-refractivity contribution in [3.63, 3.8) is 0 Å². The Hall–Kier alpha value is -2.76. The van der Waals surface area contributed by atoms with Crippen LogP contribution in [0.15, 0.2) is 73.1 Å². The topological polar surface area (TPSA) is 72.1 Å². The molecule has 2 aromatic carbocycles. The number of nitrogens with zero attached hydrogens (tertiary/aromatic N) is 3. The van der Waals surface area contributed by atoms with Gasteiger partial charge in [0.1, 0.15) is 0 Å². The Balaban J connectivity index is 1.53. The van der Waals surface area contributed by atoms with Gasteiger partial charge in [0.15, 0.2) is 0 Å². The fraction of sp³-hybridized carbons (Fsp3) is 0.346. The lowest BCUT2D eigenvalue weighted by atomic mass is 9.68. The Morgan fingerprint density at radius 3 is 2.50 bits per heavy atom. The van der Waals surface area contributed by atoms with Crippen molar-refractivity contribution in [2.45, 2.75) is 43.6 Å². The second-order valence-corrected chi connectivity index (χ2v) is 9.03. The number of halogens is 1. The number of carbonyl (C=O) groups is 1. The maximum absolute atomic E-state index is 13.4. The summed E-state index contributed by atoms with van der Waals surface area (Å²) in [7, 11) is 0. The minimum Gasteiger partial charge on any atom is -0.335 e. The quantitative estimate of drug-likeness (QED) is 0.570. The molecule has 1 aliphatic carbocycles. The summed E-state index contributed by atoms with van der Waals surface area (Å²) in [5, 5.41) is 8.47. The number of benzene rings is 2. The van der Waals surface area contributed by atoms with E-state index in [1.807, 2.05) is 41.3 Å². The summed E-state index contributed by atoms with van der Waals surface area (Å²) in [5.74, 6) is 0.0174. The van der Waals surface area contributed by atoms with Crippen molar-refractivity contribution in [1.29, 1.82) is 0 Å². The molecule has 0 spiro atoms. The number of hydrogen-bond acceptors (Lipinski definition) is 4. The first-order valence-electron chi connectivity index (χ1n) is 11.2. The smallest absolute Gasteiger partial charge is 0.255 e. The van der Waals surface area contributed by atoms with Gasteiger partial charge in [-0.05, 0) is 61.4 Å². The lowest BCUT2D eigenvalue weighted by Crippen LogP contribution is -2.48. The molecule has 1 saturated carbocycles. The van der Waals surface area contributed by atoms with Gasteiger partial charge in [0.05, 0.1) is 18.0 Å². The second kappa shape index (κ2) is 10.2. The molecule has 1 heterocycles. The van der Waals surface area contributed by atoms with Crippen LogP contribution in [0.3, 0.4) is 0 Å². The van der Waals surface area contributed by atoms with Crippen LogP contribution < -0.4 is 5.73 Å². The van der Waals surface area contributed by atoms with E-state index >= 15 is 0 Å². The maximum atomic E-state index is 13.4. The summed E-state index contributed by atoms with van der Waals surface area (Å²) in [5.41, 5.74) is 9.21. The van der Waals surface area contributed by atoms with Crippen LogP contribution in [-0.2, 0) is 11.8 Å². The van der Waals surface area contributed by atoms with Crippen LogP contribution >= 0.6 is 11.6 Å². The third-order valence-electron chi connectivity index (χ3n) is 6.76. The lowest BCUT2D eigenvalue weighted by Gasteiger charge is -2.43. The van der Waals surface area contributed by atoms with Crippen molar-refractivity contribution in [3.05, 3.63) is 94.8 Å². The molecule has 32 heavy (non-hydrogen) atoms. The molecule has 6 heteroatoms. The number of amides is 1. The Bertz CT molecular complexity index is 1020. The van der Waals surface area contributed by atoms with E-state index in [-0.39, 0.29) is 17.4 Å². The molecule has 0 unspecified atom stereocenters. The van der Waals surface area contributed by atoms with Crippen LogP contribution in [0.1, 0.15) is 47.2 Å². The maximum Gasteiger partial charge on any atom is 0.255 e. The first kappa shape index (κ1) is 22.4. The summed E-state index contributed by atoms with van der Waals surface area (Å²) >= 11 is 6.27. The van der Waals surface area contributed by atoms with Crippen molar-refractivity contribution in [2.24, 2.45) is 5.73 Å². The van der Waals surface area contributed by atoms with Gasteiger partial charge in [-0.2, -0.15) is 10.2 Å². The molecule has 0 aliphatic heterocycles. The van der Waals surface area contributed by atoms with Crippen LogP contribution in [0.25, 0.3) is 0 Å². The molecule has 0 atom stereocenters. The summed E-state index contributed by atoms with van der Waals surface area (Å²) < 4.78 is 0. The standard InChI is InChI=1S/C26H29ClN4O/c27-23-8-4-7-22(17-23)26(19-28)13-9-24(10-14-26)31(16-12-20-5-2-1-3-6-20)25(32)21-11-15-29-30-18-21/h1-8,11,15,17-18,24H,9-10,12-14,16,19,28H2. The first-order valence-corrected chi connectivity index (χ1v) is 11.6. The second-order valence-electron chi connectivity index (χ2n) is 8.59. The highest BCUT2D eigenvalue weighted by molar-refractivity contribution is 6.30. The molecule has 0 bridgehead atoms. The zero-order chi connectivity index (χ0) is 22.4. The fourth-order valence-corrected chi connectivity index (χ4v) is 5.01. The number of hydrogen-bond donors (Lipinski definition) is 1. The number of nitrogens with two attached hydrogens (primary N) is 1. The average Bonchev–Trinajstić information content (AvgIpc) is 2.85. The summed E-state index contributed by atoms with van der Waals surface area (Å²) in [6, 6.07) is 20.3. The Labute approximate surface area is 194 Å². The predicted octanol–water partition coefficient (Wildman–Crippen LogP) is 4.65. The van der Waals surface area contributed by atoms with Gasteiger partial charge < -0.3 is 10.6 Å². The number of carbonyl (C=O) groups excluding carboxylic acids is 1. The van der Waals surface area contributed by atoms with Crippen molar-refractivity contribution < 1.29 is 4.79 Å². The fourth-order valence-electron chi connectivity index (χ4n) is 4.82. The average molecular weight is 449 g/mol. The highest BCUT2D eigenvalue weighted by Crippen LogP contribution is 2.41. The summed E-state index contributed by atoms with van der Waals surface area (Å²) in [4.78, 5) is 15.5. The predicted molar refractivity (Wildman–Crippen MR) is 128 cm³/mol. The highest BCUT2D eigenvalue weighted by Gasteiger charge is 2.38. The van der Waals surface area contributed by atoms with Crippen molar-refractivity contribution >= 4 is 17.5 Å². The third-order valence-corrected chi connectivity index (χ3v) is 6.99. The van der Waals surface area contributed by atoms with Crippen LogP contribution in [0.2, 0.25) is 5.02 Å². The third kappa shape index (κ3) is 5.00. The molecular formula is C26H29ClN4O. The molecular weight excluding hydrogens is 420 g/mol. The molecule has 1 amide bonds. The van der Waals surface area contributed by atoms with Gasteiger partial charge in [0, 0.05) is 29.6 Å². The molecule has 4 rings (SSSR count). The van der Waals surface area contributed by atoms with E-state index in [0.717, 1.165) is 37.1 Å². The van der Waals surface area contributed by atoms with E-state index < -0.39 is 0 Å². The molecule has 166 valence electrons. The van der Waals surface area contributed by atoms with Crippen molar-refractivity contribution in [1.82, 2.24) is 15.1 Å². The van der Waals surface area contributed by atoms with E-state index in [9.17, 15) is 4.79 Å². The van der Waals surface area contributed by atoms with Crippen LogP contribution in [0, 0.1) is 0 Å². The molecule has 1 aliphatic rings. The normalized spacial score (nSPS) is 20.6.